The molecule has 0 aliphatic carbocycles. The summed E-state index contributed by atoms with van der Waals surface area (Å²) in [6.07, 6.45) is 9.52. The molecule has 1 aromatic rings. The monoisotopic (exact) mass is 565 g/mol. The number of halogens is 2. The molecule has 0 saturated carbocycles. The molecule has 1 aliphatic heterocycles. The van der Waals surface area contributed by atoms with Crippen molar-refractivity contribution in [1.29, 1.82) is 0 Å². The van der Waals surface area contributed by atoms with Crippen molar-refractivity contribution in [3.63, 3.8) is 0 Å². The third-order valence-corrected chi connectivity index (χ3v) is 7.58. The van der Waals surface area contributed by atoms with Crippen LogP contribution in [0.2, 0.25) is 0 Å². The van der Waals surface area contributed by atoms with Crippen molar-refractivity contribution in [2.45, 2.75) is 52.6 Å². The van der Waals surface area contributed by atoms with Gasteiger partial charge in [-0.15, -0.1) is 0 Å². The van der Waals surface area contributed by atoms with Crippen LogP contribution in [0.15, 0.2) is 52.1 Å². The number of rotatable bonds is 12. The number of nitrogens with zero attached hydrogens (tertiary/aromatic N) is 4. The minimum Gasteiger partial charge on any atom is -0.355 e. The van der Waals surface area contributed by atoms with E-state index in [1.54, 1.807) is 19.3 Å². The predicted molar refractivity (Wildman–Crippen MR) is 152 cm³/mol. The van der Waals surface area contributed by atoms with Gasteiger partial charge in [-0.05, 0) is 67.9 Å². The number of pyridine rings is 1. The zero-order chi connectivity index (χ0) is 26.0. The number of nitrogens with one attached hydrogen (secondary N) is 1. The highest BCUT2D eigenvalue weighted by Gasteiger charge is 2.29. The van der Waals surface area contributed by atoms with Crippen LogP contribution < -0.4 is 10.2 Å². The summed E-state index contributed by atoms with van der Waals surface area (Å²) in [6.45, 7) is 18.6. The average molecular weight is 567 g/mol. The van der Waals surface area contributed by atoms with Gasteiger partial charge in [-0.2, -0.15) is 0 Å². The van der Waals surface area contributed by atoms with Crippen molar-refractivity contribution in [1.82, 2.24) is 20.1 Å². The lowest BCUT2D eigenvalue weighted by Crippen LogP contribution is -2.55. The molecule has 1 N–H and O–H groups in total. The second kappa shape index (κ2) is 14.8. The van der Waals surface area contributed by atoms with Crippen LogP contribution in [0.1, 0.15) is 50.9 Å². The summed E-state index contributed by atoms with van der Waals surface area (Å²) >= 11 is 9.69. The van der Waals surface area contributed by atoms with Gasteiger partial charge in [0.25, 0.3) is 5.91 Å². The van der Waals surface area contributed by atoms with E-state index in [1.807, 2.05) is 12.1 Å². The number of carbonyl (C=O) groups excluding carboxylic acids is 1. The van der Waals surface area contributed by atoms with Crippen LogP contribution in [0.4, 0.5) is 5.82 Å². The third kappa shape index (κ3) is 8.74. The van der Waals surface area contributed by atoms with Gasteiger partial charge in [-0.25, -0.2) is 4.98 Å². The molecule has 1 amide bonds. The van der Waals surface area contributed by atoms with E-state index in [2.05, 4.69) is 81.3 Å². The number of piperazine rings is 1. The van der Waals surface area contributed by atoms with Crippen molar-refractivity contribution >= 4 is 39.3 Å². The number of hydrogen-bond acceptors (Lipinski definition) is 5. The number of carbonyl (C=O) groups is 1. The van der Waals surface area contributed by atoms with Gasteiger partial charge in [-0.1, -0.05) is 49.8 Å². The first-order valence-corrected chi connectivity index (χ1v) is 13.7. The molecule has 1 aromatic heterocycles. The lowest BCUT2D eigenvalue weighted by Gasteiger charge is -2.44. The van der Waals surface area contributed by atoms with Gasteiger partial charge < -0.3 is 10.2 Å². The Morgan fingerprint density at radius 2 is 2.14 bits per heavy atom. The number of aromatic nitrogens is 1. The molecule has 0 aromatic carbocycles. The van der Waals surface area contributed by atoms with Gasteiger partial charge in [-0.3, -0.25) is 14.6 Å². The van der Waals surface area contributed by atoms with Gasteiger partial charge in [0.15, 0.2) is 0 Å². The molecule has 0 spiro atoms. The number of amides is 1. The molecule has 1 aliphatic rings. The molecule has 2 unspecified atom stereocenters. The van der Waals surface area contributed by atoms with E-state index >= 15 is 0 Å². The second-order valence-corrected chi connectivity index (χ2v) is 10.4. The predicted octanol–water partition coefficient (Wildman–Crippen LogP) is 5.46. The Labute approximate surface area is 225 Å². The first-order chi connectivity index (χ1) is 16.7. The standard InChI is InChI=1S/C27H41BrClN5O/c1-7-22(10-11-24(29)8-2)19-32(9-3)13-12-20(4)34-15-14-33(18-21(34)5)26-25(28)16-23(17-31-26)27(35)30-6/h8,10-11,16-17,20-21H,2,7,9,12-15,18-19H2,1,3-6H3,(H,30,35)/b22-10+,24-11+. The molecule has 1 fully saturated rings. The molecular formula is C27H41BrClN5O. The zero-order valence-corrected chi connectivity index (χ0v) is 24.2. The van der Waals surface area contributed by atoms with E-state index in [4.69, 9.17) is 11.6 Å². The fourth-order valence-corrected chi connectivity index (χ4v) is 5.13. The fraction of sp³-hybridized carbons (Fsp3) is 0.556. The molecule has 35 heavy (non-hydrogen) atoms. The quantitative estimate of drug-likeness (QED) is 0.341. The maximum atomic E-state index is 11.9. The third-order valence-electron chi connectivity index (χ3n) is 6.72. The first kappa shape index (κ1) is 29.6. The summed E-state index contributed by atoms with van der Waals surface area (Å²) in [7, 11) is 1.63. The molecule has 0 radical (unpaired) electrons. The Morgan fingerprint density at radius 1 is 1.40 bits per heavy atom. The van der Waals surface area contributed by atoms with Crippen LogP contribution in [0.25, 0.3) is 0 Å². The molecule has 6 nitrogen and oxygen atoms in total. The maximum Gasteiger partial charge on any atom is 0.252 e. The molecule has 2 rings (SSSR count). The Balaban J connectivity index is 1.93. The normalized spacial score (nSPS) is 18.6. The summed E-state index contributed by atoms with van der Waals surface area (Å²) in [6, 6.07) is 2.76. The van der Waals surface area contributed by atoms with Crippen LogP contribution in [-0.2, 0) is 0 Å². The maximum absolute atomic E-state index is 11.9. The summed E-state index contributed by atoms with van der Waals surface area (Å²) in [5.74, 6) is 0.773. The van der Waals surface area contributed by atoms with E-state index in [-0.39, 0.29) is 5.91 Å². The highest BCUT2D eigenvalue weighted by atomic mass is 79.9. The van der Waals surface area contributed by atoms with E-state index in [1.165, 1.54) is 5.57 Å². The van der Waals surface area contributed by atoms with Crippen LogP contribution >= 0.6 is 27.5 Å². The molecule has 2 heterocycles. The summed E-state index contributed by atoms with van der Waals surface area (Å²) in [4.78, 5) is 23.9. The Morgan fingerprint density at radius 3 is 2.71 bits per heavy atom. The smallest absolute Gasteiger partial charge is 0.252 e. The number of allylic oxidation sites excluding steroid dienone is 4. The lowest BCUT2D eigenvalue weighted by atomic mass is 10.1. The molecule has 2 atom stereocenters. The van der Waals surface area contributed by atoms with Crippen molar-refractivity contribution < 1.29 is 4.79 Å². The van der Waals surface area contributed by atoms with Gasteiger partial charge >= 0.3 is 0 Å². The summed E-state index contributed by atoms with van der Waals surface area (Å²) in [5, 5.41) is 3.32. The van der Waals surface area contributed by atoms with Crippen LogP contribution in [0.5, 0.6) is 0 Å². The van der Waals surface area contributed by atoms with Gasteiger partial charge in [0, 0.05) is 56.5 Å². The van der Waals surface area contributed by atoms with E-state index < -0.39 is 0 Å². The van der Waals surface area contributed by atoms with Crippen LogP contribution in [-0.4, -0.2) is 79.1 Å². The molecule has 8 heteroatoms. The highest BCUT2D eigenvalue weighted by Crippen LogP contribution is 2.27. The second-order valence-electron chi connectivity index (χ2n) is 9.08. The van der Waals surface area contributed by atoms with Crippen molar-refractivity contribution in [3.8, 4) is 0 Å². The van der Waals surface area contributed by atoms with E-state index in [0.717, 1.165) is 62.4 Å². The molecule has 0 bridgehead atoms. The largest absolute Gasteiger partial charge is 0.355 e. The minimum absolute atomic E-state index is 0.128. The van der Waals surface area contributed by atoms with Gasteiger partial charge in [0.05, 0.1) is 10.0 Å². The van der Waals surface area contributed by atoms with E-state index in [0.29, 0.717) is 22.7 Å². The Bertz CT molecular complexity index is 919. The summed E-state index contributed by atoms with van der Waals surface area (Å²) in [5.41, 5.74) is 1.94. The van der Waals surface area contributed by atoms with Gasteiger partial charge in [0.1, 0.15) is 5.82 Å². The topological polar surface area (TPSA) is 51.7 Å². The highest BCUT2D eigenvalue weighted by molar-refractivity contribution is 9.10. The summed E-state index contributed by atoms with van der Waals surface area (Å²) < 4.78 is 0.856. The SMILES string of the molecule is C=C/C(Cl)=C\C=C(/CC)CN(CC)CCC(C)N1CCN(c2ncc(C(=O)NC)cc2Br)CC1C. The number of anilines is 1. The lowest BCUT2D eigenvalue weighted by molar-refractivity contribution is 0.0962. The van der Waals surface area contributed by atoms with Crippen molar-refractivity contribution in [2.75, 3.05) is 51.2 Å². The fourth-order valence-electron chi connectivity index (χ4n) is 4.47. The molecule has 194 valence electrons. The van der Waals surface area contributed by atoms with Crippen LogP contribution in [0, 0.1) is 0 Å². The van der Waals surface area contributed by atoms with Crippen molar-refractivity contribution in [2.24, 2.45) is 0 Å². The van der Waals surface area contributed by atoms with Crippen LogP contribution in [0.3, 0.4) is 0 Å². The zero-order valence-electron chi connectivity index (χ0n) is 21.9. The first-order valence-electron chi connectivity index (χ1n) is 12.5. The van der Waals surface area contributed by atoms with Gasteiger partial charge in [0.2, 0.25) is 0 Å². The average Bonchev–Trinajstić information content (AvgIpc) is 2.87. The Hall–Kier alpha value is -1.67. The minimum atomic E-state index is -0.128. The Kier molecular flexibility index (Phi) is 12.5. The molecule has 1 saturated heterocycles. The molecular weight excluding hydrogens is 526 g/mol. The number of likely N-dealkylation sites (N-methyl/N-ethyl adjacent to an activating group) is 1. The number of hydrogen-bond donors (Lipinski definition) is 1. The van der Waals surface area contributed by atoms with Crippen molar-refractivity contribution in [3.05, 3.63) is 57.7 Å². The van der Waals surface area contributed by atoms with E-state index in [9.17, 15) is 4.79 Å².